The van der Waals surface area contributed by atoms with Crippen molar-refractivity contribution in [2.75, 3.05) is 11.9 Å². The second-order valence-corrected chi connectivity index (χ2v) is 5.76. The number of rotatable bonds is 7. The van der Waals surface area contributed by atoms with Crippen molar-refractivity contribution in [1.29, 1.82) is 0 Å². The van der Waals surface area contributed by atoms with E-state index in [4.69, 9.17) is 4.74 Å². The highest BCUT2D eigenvalue weighted by Gasteiger charge is 2.12. The number of hydrogen-bond acceptors (Lipinski definition) is 4. The van der Waals surface area contributed by atoms with Gasteiger partial charge in [-0.2, -0.15) is 0 Å². The molecule has 1 amide bonds. The Morgan fingerprint density at radius 3 is 2.65 bits per heavy atom. The van der Waals surface area contributed by atoms with E-state index in [9.17, 15) is 9.90 Å². The molecule has 0 bridgehead atoms. The normalized spacial score (nSPS) is 12.2. The van der Waals surface area contributed by atoms with Gasteiger partial charge < -0.3 is 19.7 Å². The maximum absolute atomic E-state index is 11.0. The van der Waals surface area contributed by atoms with Gasteiger partial charge >= 0.3 is 0 Å². The van der Waals surface area contributed by atoms with E-state index in [0.717, 1.165) is 5.82 Å². The standard InChI is InChI=1S/C17H23N3O3/c1-12(2)17-18-8-9-20(17)10-15(22)11-23-16-6-4-14(5-7-16)19-13(3)21/h4-9,12,15,22H,10-11H2,1-3H3,(H,19,21). The predicted molar refractivity (Wildman–Crippen MR) is 88.6 cm³/mol. The molecule has 124 valence electrons. The molecule has 2 aromatic rings. The third-order valence-electron chi connectivity index (χ3n) is 3.29. The lowest BCUT2D eigenvalue weighted by Crippen LogP contribution is -2.24. The first kappa shape index (κ1) is 17.0. The monoisotopic (exact) mass is 317 g/mol. The molecule has 2 rings (SSSR count). The molecule has 0 spiro atoms. The zero-order valence-corrected chi connectivity index (χ0v) is 13.7. The Labute approximate surface area is 136 Å². The van der Waals surface area contributed by atoms with E-state index in [2.05, 4.69) is 24.1 Å². The Balaban J connectivity index is 1.85. The number of anilines is 1. The fourth-order valence-corrected chi connectivity index (χ4v) is 2.29. The molecule has 6 nitrogen and oxygen atoms in total. The van der Waals surface area contributed by atoms with Crippen molar-refractivity contribution in [3.63, 3.8) is 0 Å². The van der Waals surface area contributed by atoms with Crippen LogP contribution in [0.2, 0.25) is 0 Å². The van der Waals surface area contributed by atoms with Gasteiger partial charge in [0.2, 0.25) is 5.91 Å². The lowest BCUT2D eigenvalue weighted by Gasteiger charge is -2.16. The summed E-state index contributed by atoms with van der Waals surface area (Å²) in [4.78, 5) is 15.3. The molecule has 1 aromatic heterocycles. The molecule has 0 saturated heterocycles. The molecule has 1 aromatic carbocycles. The lowest BCUT2D eigenvalue weighted by molar-refractivity contribution is -0.114. The van der Waals surface area contributed by atoms with Gasteiger partial charge in [-0.25, -0.2) is 4.98 Å². The highest BCUT2D eigenvalue weighted by molar-refractivity contribution is 5.88. The summed E-state index contributed by atoms with van der Waals surface area (Å²) in [5, 5.41) is 12.8. The number of nitrogens with one attached hydrogen (secondary N) is 1. The van der Waals surface area contributed by atoms with Crippen molar-refractivity contribution in [3.8, 4) is 5.75 Å². The molecule has 1 unspecified atom stereocenters. The van der Waals surface area contributed by atoms with Crippen LogP contribution in [0, 0.1) is 0 Å². The van der Waals surface area contributed by atoms with Gasteiger partial charge in [0.25, 0.3) is 0 Å². The average molecular weight is 317 g/mol. The highest BCUT2D eigenvalue weighted by atomic mass is 16.5. The molecule has 2 N–H and O–H groups in total. The van der Waals surface area contributed by atoms with Gasteiger partial charge in [-0.1, -0.05) is 13.8 Å². The van der Waals surface area contributed by atoms with Gasteiger partial charge in [-0.05, 0) is 24.3 Å². The van der Waals surface area contributed by atoms with Crippen molar-refractivity contribution in [3.05, 3.63) is 42.5 Å². The first-order valence-electron chi connectivity index (χ1n) is 7.65. The van der Waals surface area contributed by atoms with E-state index in [0.29, 0.717) is 23.9 Å². The van der Waals surface area contributed by atoms with E-state index in [-0.39, 0.29) is 12.5 Å². The first-order valence-corrected chi connectivity index (χ1v) is 7.65. The van der Waals surface area contributed by atoms with Gasteiger partial charge in [0, 0.05) is 30.9 Å². The Hall–Kier alpha value is -2.34. The van der Waals surface area contributed by atoms with Crippen LogP contribution in [0.25, 0.3) is 0 Å². The maximum atomic E-state index is 11.0. The second kappa shape index (κ2) is 7.78. The van der Waals surface area contributed by atoms with Crippen LogP contribution in [0.15, 0.2) is 36.7 Å². The van der Waals surface area contributed by atoms with Crippen LogP contribution in [0.4, 0.5) is 5.69 Å². The fraction of sp³-hybridized carbons (Fsp3) is 0.412. The highest BCUT2D eigenvalue weighted by Crippen LogP contribution is 2.16. The van der Waals surface area contributed by atoms with Crippen molar-refractivity contribution in [1.82, 2.24) is 9.55 Å². The molecule has 0 saturated carbocycles. The smallest absolute Gasteiger partial charge is 0.221 e. The number of hydrogen-bond donors (Lipinski definition) is 2. The molecular weight excluding hydrogens is 294 g/mol. The minimum Gasteiger partial charge on any atom is -0.491 e. The first-order chi connectivity index (χ1) is 11.0. The van der Waals surface area contributed by atoms with Crippen LogP contribution < -0.4 is 10.1 Å². The molecule has 0 aliphatic rings. The van der Waals surface area contributed by atoms with E-state index >= 15 is 0 Å². The minimum absolute atomic E-state index is 0.115. The molecule has 23 heavy (non-hydrogen) atoms. The van der Waals surface area contributed by atoms with E-state index in [1.807, 2.05) is 10.8 Å². The summed E-state index contributed by atoms with van der Waals surface area (Å²) in [6.45, 7) is 6.23. The molecule has 6 heteroatoms. The van der Waals surface area contributed by atoms with E-state index in [1.54, 1.807) is 30.5 Å². The molecule has 0 radical (unpaired) electrons. The largest absolute Gasteiger partial charge is 0.491 e. The number of nitrogens with zero attached hydrogens (tertiary/aromatic N) is 2. The van der Waals surface area contributed by atoms with Gasteiger partial charge in [0.05, 0.1) is 6.54 Å². The lowest BCUT2D eigenvalue weighted by atomic mass is 10.2. The average Bonchev–Trinajstić information content (AvgIpc) is 2.94. The quantitative estimate of drug-likeness (QED) is 0.822. The number of aliphatic hydroxyl groups excluding tert-OH is 1. The van der Waals surface area contributed by atoms with Crippen LogP contribution in [0.1, 0.15) is 32.5 Å². The second-order valence-electron chi connectivity index (χ2n) is 5.76. The number of ether oxygens (including phenoxy) is 1. The van der Waals surface area contributed by atoms with Crippen molar-refractivity contribution < 1.29 is 14.6 Å². The van der Waals surface area contributed by atoms with Crippen LogP contribution >= 0.6 is 0 Å². The minimum atomic E-state index is -0.628. The molecule has 0 aliphatic heterocycles. The summed E-state index contributed by atoms with van der Waals surface area (Å²) in [6.07, 6.45) is 2.97. The molecule has 0 aliphatic carbocycles. The zero-order chi connectivity index (χ0) is 16.8. The van der Waals surface area contributed by atoms with E-state index in [1.165, 1.54) is 6.92 Å². The molecule has 0 fully saturated rings. The molecule has 1 atom stereocenters. The summed E-state index contributed by atoms with van der Waals surface area (Å²) >= 11 is 0. The third kappa shape index (κ3) is 5.10. The summed E-state index contributed by atoms with van der Waals surface area (Å²) < 4.78 is 7.52. The predicted octanol–water partition coefficient (Wildman–Crippen LogP) is 2.40. The summed E-state index contributed by atoms with van der Waals surface area (Å²) in [7, 11) is 0. The molecular formula is C17H23N3O3. The topological polar surface area (TPSA) is 76.4 Å². The van der Waals surface area contributed by atoms with Gasteiger partial charge in [-0.15, -0.1) is 0 Å². The fourth-order valence-electron chi connectivity index (χ4n) is 2.29. The summed E-state index contributed by atoms with van der Waals surface area (Å²) in [5.74, 6) is 1.78. The number of aliphatic hydroxyl groups is 1. The number of imidazole rings is 1. The van der Waals surface area contributed by atoms with Gasteiger partial charge in [0.1, 0.15) is 24.3 Å². The van der Waals surface area contributed by atoms with Crippen LogP contribution in [0.5, 0.6) is 5.75 Å². The Kier molecular flexibility index (Phi) is 5.76. The summed E-state index contributed by atoms with van der Waals surface area (Å²) in [5.41, 5.74) is 0.713. The van der Waals surface area contributed by atoms with Crippen LogP contribution in [-0.2, 0) is 11.3 Å². The van der Waals surface area contributed by atoms with Crippen molar-refractivity contribution >= 4 is 11.6 Å². The Morgan fingerprint density at radius 1 is 1.35 bits per heavy atom. The number of carbonyl (C=O) groups excluding carboxylic acids is 1. The zero-order valence-electron chi connectivity index (χ0n) is 13.7. The van der Waals surface area contributed by atoms with Crippen molar-refractivity contribution in [2.45, 2.75) is 39.3 Å². The van der Waals surface area contributed by atoms with Crippen LogP contribution in [0.3, 0.4) is 0 Å². The van der Waals surface area contributed by atoms with Gasteiger partial charge in [0.15, 0.2) is 0 Å². The van der Waals surface area contributed by atoms with Gasteiger partial charge in [-0.3, -0.25) is 4.79 Å². The Morgan fingerprint density at radius 2 is 2.04 bits per heavy atom. The maximum Gasteiger partial charge on any atom is 0.221 e. The number of benzene rings is 1. The number of amides is 1. The van der Waals surface area contributed by atoms with Crippen molar-refractivity contribution in [2.24, 2.45) is 0 Å². The van der Waals surface area contributed by atoms with E-state index < -0.39 is 6.10 Å². The van der Waals surface area contributed by atoms with Crippen LogP contribution in [-0.4, -0.2) is 33.3 Å². The summed E-state index contributed by atoms with van der Waals surface area (Å²) in [6, 6.07) is 7.04. The number of aromatic nitrogens is 2. The Bertz CT molecular complexity index is 635. The SMILES string of the molecule is CC(=O)Nc1ccc(OCC(O)Cn2ccnc2C(C)C)cc1. The molecule has 1 heterocycles. The third-order valence-corrected chi connectivity index (χ3v) is 3.29. The number of carbonyl (C=O) groups is 1.